The molecule has 1 fully saturated rings. The van der Waals surface area contributed by atoms with Crippen molar-refractivity contribution >= 4 is 23.3 Å². The van der Waals surface area contributed by atoms with Crippen molar-refractivity contribution in [2.75, 3.05) is 13.2 Å². The SMILES string of the molecule is CC(C)(C)OCCN1C(=O)NC(C)(c2cccs2)C1=O. The number of thiophene rings is 1. The highest BCUT2D eigenvalue weighted by Crippen LogP contribution is 2.31. The van der Waals surface area contributed by atoms with Crippen LogP contribution in [-0.4, -0.2) is 35.6 Å². The summed E-state index contributed by atoms with van der Waals surface area (Å²) in [5.41, 5.74) is -1.23. The number of imide groups is 1. The first-order chi connectivity index (χ1) is 9.24. The van der Waals surface area contributed by atoms with Crippen LogP contribution in [0.15, 0.2) is 17.5 Å². The van der Waals surface area contributed by atoms with Crippen LogP contribution in [0.25, 0.3) is 0 Å². The van der Waals surface area contributed by atoms with Gasteiger partial charge in [-0.25, -0.2) is 4.79 Å². The number of carbonyl (C=O) groups excluding carboxylic acids is 2. The van der Waals surface area contributed by atoms with Gasteiger partial charge in [-0.1, -0.05) is 6.07 Å². The molecule has 1 aliphatic heterocycles. The van der Waals surface area contributed by atoms with Crippen molar-refractivity contribution in [3.8, 4) is 0 Å². The summed E-state index contributed by atoms with van der Waals surface area (Å²) in [6.45, 7) is 8.16. The molecule has 1 aliphatic rings. The number of nitrogens with zero attached hydrogens (tertiary/aromatic N) is 1. The van der Waals surface area contributed by atoms with Crippen LogP contribution in [-0.2, 0) is 15.1 Å². The topological polar surface area (TPSA) is 58.6 Å². The maximum Gasteiger partial charge on any atom is 0.325 e. The van der Waals surface area contributed by atoms with E-state index in [2.05, 4.69) is 5.32 Å². The van der Waals surface area contributed by atoms with E-state index < -0.39 is 5.54 Å². The van der Waals surface area contributed by atoms with E-state index >= 15 is 0 Å². The van der Waals surface area contributed by atoms with Crippen LogP contribution in [0.3, 0.4) is 0 Å². The molecule has 0 bridgehead atoms. The van der Waals surface area contributed by atoms with E-state index in [0.29, 0.717) is 6.61 Å². The minimum Gasteiger partial charge on any atom is -0.374 e. The predicted molar refractivity (Wildman–Crippen MR) is 77.6 cm³/mol. The fourth-order valence-corrected chi connectivity index (χ4v) is 2.91. The summed E-state index contributed by atoms with van der Waals surface area (Å²) in [4.78, 5) is 26.5. The van der Waals surface area contributed by atoms with Gasteiger partial charge in [-0.3, -0.25) is 9.69 Å². The third-order valence-corrected chi connectivity index (χ3v) is 4.23. The Morgan fingerprint density at radius 1 is 1.40 bits per heavy atom. The second kappa shape index (κ2) is 5.18. The van der Waals surface area contributed by atoms with E-state index in [4.69, 9.17) is 4.74 Å². The number of carbonyl (C=O) groups is 2. The molecule has 0 saturated carbocycles. The van der Waals surface area contributed by atoms with Gasteiger partial charge < -0.3 is 10.1 Å². The summed E-state index contributed by atoms with van der Waals surface area (Å²) < 4.78 is 5.58. The standard InChI is InChI=1S/C14H20N2O3S/c1-13(2,3)19-8-7-16-11(17)14(4,15-12(16)18)10-6-5-9-20-10/h5-6,9H,7-8H2,1-4H3,(H,15,18). The van der Waals surface area contributed by atoms with Crippen molar-refractivity contribution in [3.05, 3.63) is 22.4 Å². The molecule has 3 amide bonds. The molecule has 6 heteroatoms. The predicted octanol–water partition coefficient (Wildman–Crippen LogP) is 2.33. The van der Waals surface area contributed by atoms with Gasteiger partial charge in [0, 0.05) is 4.88 Å². The highest BCUT2D eigenvalue weighted by atomic mass is 32.1. The van der Waals surface area contributed by atoms with E-state index in [1.807, 2.05) is 38.3 Å². The van der Waals surface area contributed by atoms with Crippen LogP contribution in [0.4, 0.5) is 4.79 Å². The number of ether oxygens (including phenoxy) is 1. The molecule has 5 nitrogen and oxygen atoms in total. The lowest BCUT2D eigenvalue weighted by Gasteiger charge is -2.22. The molecule has 2 rings (SSSR count). The summed E-state index contributed by atoms with van der Waals surface area (Å²) in [7, 11) is 0. The summed E-state index contributed by atoms with van der Waals surface area (Å²) in [5, 5.41) is 4.67. The number of hydrogen-bond acceptors (Lipinski definition) is 4. The van der Waals surface area contributed by atoms with E-state index in [-0.39, 0.29) is 24.1 Å². The number of rotatable bonds is 4. The highest BCUT2D eigenvalue weighted by molar-refractivity contribution is 7.10. The van der Waals surface area contributed by atoms with Gasteiger partial charge in [-0.15, -0.1) is 11.3 Å². The van der Waals surface area contributed by atoms with Crippen molar-refractivity contribution < 1.29 is 14.3 Å². The Hall–Kier alpha value is -1.40. The van der Waals surface area contributed by atoms with Gasteiger partial charge in [0.25, 0.3) is 5.91 Å². The van der Waals surface area contributed by atoms with Gasteiger partial charge in [0.1, 0.15) is 0 Å². The Labute approximate surface area is 122 Å². The lowest BCUT2D eigenvalue weighted by molar-refractivity contribution is -0.132. The lowest BCUT2D eigenvalue weighted by atomic mass is 10.0. The minimum atomic E-state index is -0.951. The molecule has 110 valence electrons. The van der Waals surface area contributed by atoms with E-state index in [1.165, 1.54) is 16.2 Å². The van der Waals surface area contributed by atoms with Gasteiger partial charge in [0.2, 0.25) is 0 Å². The monoisotopic (exact) mass is 296 g/mol. The minimum absolute atomic E-state index is 0.220. The second-order valence-electron chi connectivity index (χ2n) is 5.95. The molecule has 1 aromatic rings. The third-order valence-electron chi connectivity index (χ3n) is 3.14. The molecule has 1 saturated heterocycles. The Bertz CT molecular complexity index is 507. The first kappa shape index (κ1) is 15.0. The molecular weight excluding hydrogens is 276 g/mol. The Kier molecular flexibility index (Phi) is 3.88. The molecule has 1 aromatic heterocycles. The van der Waals surface area contributed by atoms with Crippen molar-refractivity contribution in [1.82, 2.24) is 10.2 Å². The molecule has 1 atom stereocenters. The van der Waals surface area contributed by atoms with Gasteiger partial charge in [-0.05, 0) is 39.1 Å². The molecule has 1 unspecified atom stereocenters. The zero-order valence-electron chi connectivity index (χ0n) is 12.2. The van der Waals surface area contributed by atoms with Crippen LogP contribution < -0.4 is 5.32 Å². The van der Waals surface area contributed by atoms with Crippen LogP contribution in [0.5, 0.6) is 0 Å². The maximum absolute atomic E-state index is 12.5. The first-order valence-electron chi connectivity index (χ1n) is 6.56. The zero-order chi connectivity index (χ0) is 15.0. The van der Waals surface area contributed by atoms with Crippen molar-refractivity contribution in [2.24, 2.45) is 0 Å². The second-order valence-corrected chi connectivity index (χ2v) is 6.90. The molecule has 2 heterocycles. The molecule has 1 N–H and O–H groups in total. The fourth-order valence-electron chi connectivity index (χ4n) is 2.07. The summed E-state index contributed by atoms with van der Waals surface area (Å²) in [5.74, 6) is -0.220. The Morgan fingerprint density at radius 3 is 2.65 bits per heavy atom. The quantitative estimate of drug-likeness (QED) is 0.868. The Balaban J connectivity index is 2.06. The number of hydrogen-bond donors (Lipinski definition) is 1. The molecule has 0 aromatic carbocycles. The smallest absolute Gasteiger partial charge is 0.325 e. The van der Waals surface area contributed by atoms with Crippen LogP contribution in [0.2, 0.25) is 0 Å². The molecule has 20 heavy (non-hydrogen) atoms. The van der Waals surface area contributed by atoms with Crippen LogP contribution in [0, 0.1) is 0 Å². The number of amides is 3. The number of nitrogens with one attached hydrogen (secondary N) is 1. The largest absolute Gasteiger partial charge is 0.374 e. The molecule has 0 radical (unpaired) electrons. The van der Waals surface area contributed by atoms with Crippen LogP contribution >= 0.6 is 11.3 Å². The fraction of sp³-hybridized carbons (Fsp3) is 0.571. The molecule has 0 aliphatic carbocycles. The summed E-state index contributed by atoms with van der Waals surface area (Å²) >= 11 is 1.46. The van der Waals surface area contributed by atoms with E-state index in [9.17, 15) is 9.59 Å². The number of urea groups is 1. The van der Waals surface area contributed by atoms with E-state index in [0.717, 1.165) is 4.88 Å². The van der Waals surface area contributed by atoms with Gasteiger partial charge in [0.15, 0.2) is 5.54 Å². The van der Waals surface area contributed by atoms with Crippen molar-refractivity contribution in [3.63, 3.8) is 0 Å². The summed E-state index contributed by atoms with van der Waals surface area (Å²) in [6, 6.07) is 3.37. The summed E-state index contributed by atoms with van der Waals surface area (Å²) in [6.07, 6.45) is 0. The van der Waals surface area contributed by atoms with E-state index in [1.54, 1.807) is 6.92 Å². The van der Waals surface area contributed by atoms with Gasteiger partial charge >= 0.3 is 6.03 Å². The van der Waals surface area contributed by atoms with Crippen molar-refractivity contribution in [2.45, 2.75) is 38.8 Å². The lowest BCUT2D eigenvalue weighted by Crippen LogP contribution is -2.40. The zero-order valence-corrected chi connectivity index (χ0v) is 13.0. The van der Waals surface area contributed by atoms with Crippen molar-refractivity contribution in [1.29, 1.82) is 0 Å². The van der Waals surface area contributed by atoms with Crippen LogP contribution in [0.1, 0.15) is 32.6 Å². The molecular formula is C14H20N2O3S. The third kappa shape index (κ3) is 2.86. The highest BCUT2D eigenvalue weighted by Gasteiger charge is 2.49. The average molecular weight is 296 g/mol. The normalized spacial score (nSPS) is 23.3. The first-order valence-corrected chi connectivity index (χ1v) is 7.44. The van der Waals surface area contributed by atoms with Gasteiger partial charge in [-0.2, -0.15) is 0 Å². The Morgan fingerprint density at radius 2 is 2.10 bits per heavy atom. The molecule has 0 spiro atoms. The maximum atomic E-state index is 12.5. The van der Waals surface area contributed by atoms with Gasteiger partial charge in [0.05, 0.1) is 18.8 Å². The average Bonchev–Trinajstić information content (AvgIpc) is 2.91.